The first kappa shape index (κ1) is 16.1. The average molecular weight is 301 g/mol. The summed E-state index contributed by atoms with van der Waals surface area (Å²) in [5.41, 5.74) is 1.74. The van der Waals surface area contributed by atoms with E-state index in [0.29, 0.717) is 5.75 Å². The lowest BCUT2D eigenvalue weighted by atomic mass is 10.1. The van der Waals surface area contributed by atoms with Crippen molar-refractivity contribution >= 4 is 5.97 Å². The van der Waals surface area contributed by atoms with E-state index in [9.17, 15) is 9.90 Å². The smallest absolute Gasteiger partial charge is 0.339 e. The SMILES string of the molecule is CC(C)(C)NC1=C(/C(O)=C/C(=O)Oc2ccccc2)CCC1. The molecule has 1 aromatic carbocycles. The van der Waals surface area contributed by atoms with Crippen molar-refractivity contribution in [3.63, 3.8) is 0 Å². The van der Waals surface area contributed by atoms with Gasteiger partial charge < -0.3 is 15.2 Å². The van der Waals surface area contributed by atoms with Gasteiger partial charge in [-0.2, -0.15) is 0 Å². The van der Waals surface area contributed by atoms with Crippen molar-refractivity contribution in [2.45, 2.75) is 45.6 Å². The zero-order valence-electron chi connectivity index (χ0n) is 13.3. The molecule has 0 bridgehead atoms. The van der Waals surface area contributed by atoms with Gasteiger partial charge >= 0.3 is 5.97 Å². The third-order valence-electron chi connectivity index (χ3n) is 3.27. The second-order valence-electron chi connectivity index (χ2n) is 6.45. The fourth-order valence-corrected chi connectivity index (χ4v) is 2.45. The highest BCUT2D eigenvalue weighted by atomic mass is 16.5. The molecule has 22 heavy (non-hydrogen) atoms. The van der Waals surface area contributed by atoms with E-state index in [0.717, 1.165) is 36.6 Å². The number of aliphatic hydroxyl groups is 1. The molecule has 0 atom stereocenters. The molecule has 1 aromatic rings. The molecular weight excluding hydrogens is 278 g/mol. The summed E-state index contributed by atoms with van der Waals surface area (Å²) in [7, 11) is 0. The number of hydrogen-bond acceptors (Lipinski definition) is 4. The van der Waals surface area contributed by atoms with Gasteiger partial charge in [-0.3, -0.25) is 0 Å². The van der Waals surface area contributed by atoms with Crippen LogP contribution in [-0.2, 0) is 4.79 Å². The highest BCUT2D eigenvalue weighted by Gasteiger charge is 2.22. The van der Waals surface area contributed by atoms with Crippen molar-refractivity contribution < 1.29 is 14.6 Å². The third-order valence-corrected chi connectivity index (χ3v) is 3.27. The van der Waals surface area contributed by atoms with Crippen LogP contribution in [0, 0.1) is 0 Å². The van der Waals surface area contributed by atoms with Gasteiger partial charge in [0.05, 0.1) is 6.08 Å². The molecule has 0 saturated carbocycles. The van der Waals surface area contributed by atoms with Crippen LogP contribution in [0.3, 0.4) is 0 Å². The summed E-state index contributed by atoms with van der Waals surface area (Å²) in [4.78, 5) is 11.9. The Kier molecular flexibility index (Phi) is 4.91. The predicted molar refractivity (Wildman–Crippen MR) is 86.6 cm³/mol. The zero-order chi connectivity index (χ0) is 16.2. The molecule has 0 aliphatic heterocycles. The van der Waals surface area contributed by atoms with Crippen molar-refractivity contribution in [1.29, 1.82) is 0 Å². The summed E-state index contributed by atoms with van der Waals surface area (Å²) in [6, 6.07) is 8.82. The van der Waals surface area contributed by atoms with Gasteiger partial charge in [0.15, 0.2) is 0 Å². The first-order valence-electron chi connectivity index (χ1n) is 7.53. The molecule has 0 spiro atoms. The standard InChI is InChI=1S/C18H23NO3/c1-18(2,3)19-15-11-7-10-14(15)16(20)12-17(21)22-13-8-5-4-6-9-13/h4-6,8-9,12,19-20H,7,10-11H2,1-3H3/b16-12-. The molecule has 0 aromatic heterocycles. The molecule has 2 N–H and O–H groups in total. The molecule has 0 saturated heterocycles. The molecule has 1 aliphatic carbocycles. The monoisotopic (exact) mass is 301 g/mol. The predicted octanol–water partition coefficient (Wildman–Crippen LogP) is 3.86. The van der Waals surface area contributed by atoms with Gasteiger partial charge in [-0.25, -0.2) is 4.79 Å². The highest BCUT2D eigenvalue weighted by Crippen LogP contribution is 2.30. The minimum Gasteiger partial charge on any atom is -0.507 e. The lowest BCUT2D eigenvalue weighted by Crippen LogP contribution is -2.35. The number of carbonyl (C=O) groups excluding carboxylic acids is 1. The van der Waals surface area contributed by atoms with Crippen LogP contribution in [-0.4, -0.2) is 16.6 Å². The van der Waals surface area contributed by atoms with Gasteiger partial charge in [-0.05, 0) is 52.2 Å². The van der Waals surface area contributed by atoms with E-state index in [1.807, 2.05) is 6.07 Å². The minimum atomic E-state index is -0.571. The quantitative estimate of drug-likeness (QED) is 0.384. The summed E-state index contributed by atoms with van der Waals surface area (Å²) in [6.07, 6.45) is 3.77. The number of allylic oxidation sites excluding steroid dienone is 2. The van der Waals surface area contributed by atoms with Crippen LogP contribution in [0.5, 0.6) is 5.75 Å². The number of ether oxygens (including phenoxy) is 1. The molecule has 0 heterocycles. The van der Waals surface area contributed by atoms with Gasteiger partial charge in [0.2, 0.25) is 0 Å². The Labute approximate surface area is 131 Å². The van der Waals surface area contributed by atoms with Crippen molar-refractivity contribution in [3.8, 4) is 5.75 Å². The second kappa shape index (κ2) is 6.69. The Bertz CT molecular complexity index is 595. The summed E-state index contributed by atoms with van der Waals surface area (Å²) < 4.78 is 5.16. The fraction of sp³-hybridized carbons (Fsp3) is 0.389. The first-order valence-corrected chi connectivity index (χ1v) is 7.53. The summed E-state index contributed by atoms with van der Waals surface area (Å²) >= 11 is 0. The Morgan fingerprint density at radius 3 is 2.55 bits per heavy atom. The number of rotatable bonds is 4. The minimum absolute atomic E-state index is 0.00909. The van der Waals surface area contributed by atoms with E-state index in [1.54, 1.807) is 24.3 Å². The van der Waals surface area contributed by atoms with Gasteiger partial charge in [0.1, 0.15) is 11.5 Å². The molecule has 0 radical (unpaired) electrons. The molecule has 0 unspecified atom stereocenters. The van der Waals surface area contributed by atoms with E-state index in [2.05, 4.69) is 26.1 Å². The van der Waals surface area contributed by atoms with Crippen LogP contribution >= 0.6 is 0 Å². The first-order chi connectivity index (χ1) is 10.3. The van der Waals surface area contributed by atoms with Gasteiger partial charge in [-0.1, -0.05) is 18.2 Å². The molecule has 1 aliphatic rings. The Balaban J connectivity index is 2.10. The number of esters is 1. The number of benzene rings is 1. The molecule has 4 heteroatoms. The van der Waals surface area contributed by atoms with Gasteiger partial charge in [0.25, 0.3) is 0 Å². The van der Waals surface area contributed by atoms with E-state index in [4.69, 9.17) is 4.74 Å². The van der Waals surface area contributed by atoms with Crippen LogP contribution in [0.1, 0.15) is 40.0 Å². The largest absolute Gasteiger partial charge is 0.507 e. The third kappa shape index (κ3) is 4.65. The topological polar surface area (TPSA) is 58.6 Å². The number of hydrogen-bond donors (Lipinski definition) is 2. The van der Waals surface area contributed by atoms with Gasteiger partial charge in [0, 0.05) is 16.8 Å². The summed E-state index contributed by atoms with van der Waals surface area (Å²) in [5, 5.41) is 13.6. The van der Waals surface area contributed by atoms with Crippen LogP contribution in [0.2, 0.25) is 0 Å². The normalized spacial score (nSPS) is 15.9. The molecular formula is C18H23NO3. The van der Waals surface area contributed by atoms with Crippen molar-refractivity contribution in [2.24, 2.45) is 0 Å². The number of aliphatic hydroxyl groups excluding tert-OH is 1. The maximum Gasteiger partial charge on any atom is 0.339 e. The average Bonchev–Trinajstić information content (AvgIpc) is 2.85. The van der Waals surface area contributed by atoms with E-state index in [1.165, 1.54) is 0 Å². The maximum absolute atomic E-state index is 11.9. The Morgan fingerprint density at radius 2 is 1.91 bits per heavy atom. The van der Waals surface area contributed by atoms with Crippen LogP contribution in [0.15, 0.2) is 53.4 Å². The molecule has 118 valence electrons. The van der Waals surface area contributed by atoms with E-state index in [-0.39, 0.29) is 11.3 Å². The number of para-hydroxylation sites is 1. The molecule has 0 fully saturated rings. The number of nitrogens with one attached hydrogen (secondary N) is 1. The maximum atomic E-state index is 11.9. The van der Waals surface area contributed by atoms with Crippen molar-refractivity contribution in [3.05, 3.63) is 53.4 Å². The lowest BCUT2D eigenvalue weighted by molar-refractivity contribution is -0.129. The fourth-order valence-electron chi connectivity index (χ4n) is 2.45. The molecule has 0 amide bonds. The Morgan fingerprint density at radius 1 is 1.23 bits per heavy atom. The van der Waals surface area contributed by atoms with Crippen LogP contribution in [0.25, 0.3) is 0 Å². The zero-order valence-corrected chi connectivity index (χ0v) is 13.3. The van der Waals surface area contributed by atoms with Gasteiger partial charge in [-0.15, -0.1) is 0 Å². The second-order valence-corrected chi connectivity index (χ2v) is 6.45. The highest BCUT2D eigenvalue weighted by molar-refractivity contribution is 5.85. The Hall–Kier alpha value is -2.23. The van der Waals surface area contributed by atoms with Crippen LogP contribution in [0.4, 0.5) is 0 Å². The lowest BCUT2D eigenvalue weighted by Gasteiger charge is -2.24. The summed E-state index contributed by atoms with van der Waals surface area (Å²) in [6.45, 7) is 6.21. The van der Waals surface area contributed by atoms with Crippen molar-refractivity contribution in [1.82, 2.24) is 5.32 Å². The van der Waals surface area contributed by atoms with Crippen LogP contribution < -0.4 is 10.1 Å². The van der Waals surface area contributed by atoms with Crippen molar-refractivity contribution in [2.75, 3.05) is 0 Å². The molecule has 4 nitrogen and oxygen atoms in total. The molecule has 2 rings (SSSR count). The number of carbonyl (C=O) groups is 1. The van der Waals surface area contributed by atoms with E-state index < -0.39 is 5.97 Å². The summed E-state index contributed by atoms with van der Waals surface area (Å²) in [5.74, 6) is -0.117. The van der Waals surface area contributed by atoms with E-state index >= 15 is 0 Å².